The average Bonchev–Trinajstić information content (AvgIpc) is 3.26. The van der Waals surface area contributed by atoms with E-state index < -0.39 is 74.6 Å². The number of imidazole rings is 1. The Hall–Kier alpha value is -2.26. The highest BCUT2D eigenvalue weighted by Crippen LogP contribution is 2.67. The molecule has 0 bridgehead atoms. The van der Waals surface area contributed by atoms with Crippen molar-refractivity contribution in [1.82, 2.24) is 29.5 Å². The molecule has 23 heteroatoms. The number of hydrogen-bond acceptors (Lipinski definition) is 16. The van der Waals surface area contributed by atoms with Crippen molar-refractivity contribution in [2.24, 2.45) is 4.99 Å². The molecule has 5 aliphatic heterocycles. The van der Waals surface area contributed by atoms with Crippen LogP contribution in [-0.4, -0.2) is 89.9 Å². The second-order valence-corrected chi connectivity index (χ2v) is 16.7. The molecule has 11 atom stereocenters. The van der Waals surface area contributed by atoms with Crippen LogP contribution in [0.5, 0.6) is 0 Å². The van der Waals surface area contributed by atoms with Gasteiger partial charge in [-0.2, -0.15) is 0 Å². The molecule has 3 aromatic heterocycles. The number of nitrogen functional groups attached to an aromatic ring is 1. The van der Waals surface area contributed by atoms with E-state index in [1.807, 2.05) is 0 Å². The predicted molar refractivity (Wildman–Crippen MR) is 160 cm³/mol. The van der Waals surface area contributed by atoms with Gasteiger partial charge >= 0.3 is 13.5 Å². The maximum atomic E-state index is 16.0. The van der Waals surface area contributed by atoms with E-state index in [1.165, 1.54) is 6.33 Å². The number of halogens is 1. The summed E-state index contributed by atoms with van der Waals surface area (Å²) in [6.07, 6.45) is -2.39. The largest absolute Gasteiger partial charge is 0.391 e. The number of H-pyrrole nitrogens is 1. The molecule has 0 saturated carbocycles. The Kier molecular flexibility index (Phi) is 7.52. The Balaban J connectivity index is 1.02. The smallest absolute Gasteiger partial charge is 0.382 e. The Morgan fingerprint density at radius 1 is 1.24 bits per heavy atom. The van der Waals surface area contributed by atoms with Crippen molar-refractivity contribution in [3.63, 3.8) is 0 Å². The van der Waals surface area contributed by atoms with E-state index in [9.17, 15) is 14.3 Å². The third-order valence-electron chi connectivity index (χ3n) is 8.36. The molecule has 0 aliphatic carbocycles. The summed E-state index contributed by atoms with van der Waals surface area (Å²) in [6, 6.07) is 0. The van der Waals surface area contributed by atoms with Gasteiger partial charge in [0.05, 0.1) is 31.1 Å². The van der Waals surface area contributed by atoms with Gasteiger partial charge in [0.1, 0.15) is 24.2 Å². The lowest BCUT2D eigenvalue weighted by molar-refractivity contribution is -0.138. The number of aromatic nitrogens is 6. The van der Waals surface area contributed by atoms with E-state index >= 15 is 4.39 Å². The van der Waals surface area contributed by atoms with Gasteiger partial charge in [-0.3, -0.25) is 27.9 Å². The quantitative estimate of drug-likeness (QED) is 0.171. The Morgan fingerprint density at radius 2 is 2.09 bits per heavy atom. The van der Waals surface area contributed by atoms with E-state index in [2.05, 4.69) is 42.2 Å². The first-order chi connectivity index (χ1) is 21.9. The Morgan fingerprint density at radius 3 is 2.93 bits per heavy atom. The first-order valence-electron chi connectivity index (χ1n) is 14.0. The number of aromatic amines is 1. The summed E-state index contributed by atoms with van der Waals surface area (Å²) < 4.78 is 71.2. The highest BCUT2D eigenvalue weighted by atomic mass is 32.7. The zero-order valence-electron chi connectivity index (χ0n) is 23.3. The number of epoxide rings is 1. The molecular weight excluding hydrogens is 693 g/mol. The van der Waals surface area contributed by atoms with Crippen molar-refractivity contribution in [2.75, 3.05) is 12.3 Å². The molecule has 18 nitrogen and oxygen atoms in total. The van der Waals surface area contributed by atoms with Crippen LogP contribution in [0.15, 0.2) is 28.8 Å². The Bertz CT molecular complexity index is 1900. The zero-order valence-corrected chi connectivity index (χ0v) is 26.8. The second-order valence-electron chi connectivity index (χ2n) is 11.1. The van der Waals surface area contributed by atoms with E-state index in [4.69, 9.17) is 49.8 Å². The molecule has 4 N–H and O–H groups in total. The van der Waals surface area contributed by atoms with Crippen molar-refractivity contribution in [2.45, 2.75) is 74.1 Å². The van der Waals surface area contributed by atoms with E-state index in [0.29, 0.717) is 24.9 Å². The predicted octanol–water partition coefficient (Wildman–Crippen LogP) is 1.92. The van der Waals surface area contributed by atoms with Crippen LogP contribution in [0.3, 0.4) is 0 Å². The molecule has 0 aromatic carbocycles. The maximum absolute atomic E-state index is 16.0. The Labute approximate surface area is 268 Å². The molecule has 246 valence electrons. The fourth-order valence-electron chi connectivity index (χ4n) is 6.23. The third-order valence-corrected chi connectivity index (χ3v) is 11.4. The van der Waals surface area contributed by atoms with E-state index in [0.717, 1.165) is 22.9 Å². The van der Waals surface area contributed by atoms with Crippen molar-refractivity contribution >= 4 is 66.5 Å². The van der Waals surface area contributed by atoms with Crippen molar-refractivity contribution in [3.8, 4) is 0 Å². The van der Waals surface area contributed by atoms with Crippen LogP contribution >= 0.6 is 25.8 Å². The average molecular weight is 719 g/mol. The van der Waals surface area contributed by atoms with Gasteiger partial charge in [0, 0.05) is 12.1 Å². The number of nitrogens with zero attached hydrogens (tertiary/aromatic N) is 6. The van der Waals surface area contributed by atoms with Gasteiger partial charge in [0.2, 0.25) is 5.79 Å². The molecule has 5 unspecified atom stereocenters. The molecule has 5 aliphatic rings. The van der Waals surface area contributed by atoms with Crippen LogP contribution in [0, 0.1) is 0 Å². The number of ether oxygens (including phenoxy) is 3. The van der Waals surface area contributed by atoms with Crippen LogP contribution in [0.25, 0.3) is 11.2 Å². The van der Waals surface area contributed by atoms with E-state index in [1.54, 1.807) is 6.21 Å². The third kappa shape index (κ3) is 5.26. The molecule has 0 amide bonds. The lowest BCUT2D eigenvalue weighted by Gasteiger charge is -2.25. The number of alkyl halides is 1. The van der Waals surface area contributed by atoms with E-state index in [-0.39, 0.29) is 22.9 Å². The van der Waals surface area contributed by atoms with Gasteiger partial charge < -0.3 is 34.3 Å². The van der Waals surface area contributed by atoms with Crippen LogP contribution in [0.4, 0.5) is 15.9 Å². The first kappa shape index (κ1) is 31.0. The molecular formula is C23H25FN8O10P2S2. The molecule has 0 radical (unpaired) electrons. The molecule has 1 spiro atoms. The van der Waals surface area contributed by atoms with Crippen LogP contribution < -0.4 is 11.3 Å². The number of fused-ring (bicyclic) bond motifs is 3. The van der Waals surface area contributed by atoms with Crippen molar-refractivity contribution < 1.29 is 46.2 Å². The summed E-state index contributed by atoms with van der Waals surface area (Å²) in [5.41, 5.74) is 6.58. The zero-order chi connectivity index (χ0) is 32.0. The second kappa shape index (κ2) is 11.1. The molecule has 3 aromatic rings. The first-order valence-corrected chi connectivity index (χ1v) is 19.3. The molecule has 4 saturated heterocycles. The van der Waals surface area contributed by atoms with Gasteiger partial charge in [-0.05, 0) is 31.1 Å². The van der Waals surface area contributed by atoms with Gasteiger partial charge in [0.25, 0.3) is 5.56 Å². The minimum atomic E-state index is -4.42. The summed E-state index contributed by atoms with van der Waals surface area (Å²) in [4.78, 5) is 46.1. The van der Waals surface area contributed by atoms with Gasteiger partial charge in [-0.25, -0.2) is 28.9 Å². The van der Waals surface area contributed by atoms with Crippen molar-refractivity contribution in [1.29, 1.82) is 0 Å². The molecule has 8 heterocycles. The summed E-state index contributed by atoms with van der Waals surface area (Å²) in [6.45, 7) is -9.03. The number of anilines is 1. The minimum absolute atomic E-state index is 0.00748. The van der Waals surface area contributed by atoms with Gasteiger partial charge in [-0.15, -0.1) is 0 Å². The number of hydrogen-bond donors (Lipinski definition) is 4. The highest BCUT2D eigenvalue weighted by molar-refractivity contribution is 8.44. The summed E-state index contributed by atoms with van der Waals surface area (Å²) in [7, 11) is 0. The fraction of sp³-hybridized carbons (Fsp3) is 0.565. The lowest BCUT2D eigenvalue weighted by atomic mass is 9.91. The lowest BCUT2D eigenvalue weighted by Crippen LogP contribution is -2.34. The molecule has 46 heavy (non-hydrogen) atoms. The SMILES string of the molecule is Nc1ncnc2c1N=CCC2CCC1O[C@@H]2COP(O)(=S)O[C@@H]3[C@H](OC(n4cnc5c(=O)[nH]cnc54)[C@@H]3F)OP(=O)(S)O[C@@]23O[C@@H]13. The van der Waals surface area contributed by atoms with Gasteiger partial charge in [0.15, 0.2) is 41.8 Å². The molecule has 4 fully saturated rings. The fourth-order valence-corrected chi connectivity index (χ4v) is 9.38. The summed E-state index contributed by atoms with van der Waals surface area (Å²) in [5, 5.41) is 0. The number of aliphatic imine (C=N–C) groups is 1. The monoisotopic (exact) mass is 718 g/mol. The number of rotatable bonds is 4. The topological polar surface area (TPSA) is 233 Å². The maximum Gasteiger partial charge on any atom is 0.391 e. The normalized spacial score (nSPS) is 41.7. The minimum Gasteiger partial charge on any atom is -0.382 e. The number of nitrogens with two attached hydrogens (primary N) is 1. The van der Waals surface area contributed by atoms with Crippen molar-refractivity contribution in [3.05, 3.63) is 35.0 Å². The number of nitrogens with one attached hydrogen (secondary N) is 1. The number of thiol groups is 1. The summed E-state index contributed by atoms with van der Waals surface area (Å²) in [5.74, 6) is -1.36. The van der Waals surface area contributed by atoms with Crippen LogP contribution in [0.1, 0.15) is 37.1 Å². The standard InChI is InChI=1S/C23H25FN8O10P2S2/c24-12-16-22(38-21(12)32-8-31-15-19(32)29-7-30-20(15)33)41-44(35,46)42-23-11(5-36-43(34,45)40-16)37-10(17(23)39-23)2-1-9-3-4-26-14-13(9)27-6-28-18(14)25/h4,6-12,16-17,21-22H,1-3,5H2,(H,34,45)(H,35,46)(H2,25,27,28)(H,29,30,33)/t9?,10?,11-,12-,16+,17+,21?,22-,23+,43?,44?/m1/s1. The van der Waals surface area contributed by atoms with Crippen LogP contribution in [-0.2, 0) is 48.7 Å². The van der Waals surface area contributed by atoms with Crippen LogP contribution in [0.2, 0.25) is 0 Å². The van der Waals surface area contributed by atoms with Gasteiger partial charge in [-0.1, -0.05) is 12.2 Å². The summed E-state index contributed by atoms with van der Waals surface area (Å²) >= 11 is 9.32. The molecule has 8 rings (SSSR count). The highest BCUT2D eigenvalue weighted by Gasteiger charge is 2.75.